The Hall–Kier alpha value is -0.970. The SMILES string of the molecule is CC1C(=O)N(C)C(=O)NC1=S. The number of nitrogens with zero attached hydrogens (tertiary/aromatic N) is 1. The molecule has 1 aliphatic heterocycles. The number of rotatable bonds is 0. The smallest absolute Gasteiger partial charge is 0.301 e. The van der Waals surface area contributed by atoms with Crippen molar-refractivity contribution in [3.8, 4) is 0 Å². The van der Waals surface area contributed by atoms with Gasteiger partial charge in [0, 0.05) is 7.05 Å². The van der Waals surface area contributed by atoms with Crippen molar-refractivity contribution in [1.29, 1.82) is 0 Å². The Kier molecular flexibility index (Phi) is 1.90. The molecule has 11 heavy (non-hydrogen) atoms. The molecule has 1 N–H and O–H groups in total. The Labute approximate surface area is 69.5 Å². The molecule has 0 spiro atoms. The minimum Gasteiger partial charge on any atom is -0.301 e. The molecule has 0 aromatic carbocycles. The normalized spacial score (nSPS) is 25.5. The molecule has 0 bridgehead atoms. The lowest BCUT2D eigenvalue weighted by atomic mass is 10.1. The van der Waals surface area contributed by atoms with E-state index in [9.17, 15) is 9.59 Å². The molecule has 0 saturated carbocycles. The minimum absolute atomic E-state index is 0.251. The summed E-state index contributed by atoms with van der Waals surface area (Å²) in [6.45, 7) is 1.67. The van der Waals surface area contributed by atoms with Crippen LogP contribution >= 0.6 is 12.2 Å². The first-order chi connectivity index (χ1) is 5.04. The number of thiocarbonyl (C=S) groups is 1. The molecule has 3 amide bonds. The number of carbonyl (C=O) groups excluding carboxylic acids is 2. The summed E-state index contributed by atoms with van der Waals surface area (Å²) in [5.74, 6) is -0.633. The van der Waals surface area contributed by atoms with E-state index in [0.29, 0.717) is 4.99 Å². The fraction of sp³-hybridized carbons (Fsp3) is 0.500. The Balaban J connectivity index is 2.87. The second-order valence-electron chi connectivity index (χ2n) is 2.41. The van der Waals surface area contributed by atoms with E-state index in [1.165, 1.54) is 7.05 Å². The van der Waals surface area contributed by atoms with Crippen LogP contribution in [0.1, 0.15) is 6.92 Å². The van der Waals surface area contributed by atoms with Gasteiger partial charge in [-0.25, -0.2) is 4.79 Å². The zero-order valence-corrected chi connectivity index (χ0v) is 7.07. The average molecular weight is 172 g/mol. The van der Waals surface area contributed by atoms with E-state index in [1.807, 2.05) is 0 Å². The summed E-state index contributed by atoms with van der Waals surface area (Å²) in [6.07, 6.45) is 0. The number of hydrogen-bond donors (Lipinski definition) is 1. The molecule has 1 rings (SSSR count). The summed E-state index contributed by atoms with van der Waals surface area (Å²) < 4.78 is 0. The van der Waals surface area contributed by atoms with Crippen LogP contribution in [0.2, 0.25) is 0 Å². The largest absolute Gasteiger partial charge is 0.328 e. The van der Waals surface area contributed by atoms with Crippen LogP contribution in [-0.4, -0.2) is 28.9 Å². The van der Waals surface area contributed by atoms with Gasteiger partial charge in [-0.05, 0) is 6.92 Å². The van der Waals surface area contributed by atoms with Crippen LogP contribution in [0.25, 0.3) is 0 Å². The molecule has 0 radical (unpaired) electrons. The van der Waals surface area contributed by atoms with Crippen molar-refractivity contribution >= 4 is 29.1 Å². The Bertz CT molecular complexity index is 217. The summed E-state index contributed by atoms with van der Waals surface area (Å²) in [4.78, 5) is 23.3. The van der Waals surface area contributed by atoms with Gasteiger partial charge in [0.05, 0.1) is 10.9 Å². The standard InChI is InChI=1S/C6H8N2O2S/c1-3-4(11)7-6(10)8(2)5(3)9/h3H,1-2H3,(H,7,10,11). The molecule has 1 saturated heterocycles. The molecular weight excluding hydrogens is 164 g/mol. The summed E-state index contributed by atoms with van der Waals surface area (Å²) in [5.41, 5.74) is 0. The van der Waals surface area contributed by atoms with Crippen molar-refractivity contribution in [1.82, 2.24) is 10.2 Å². The van der Waals surface area contributed by atoms with E-state index in [-0.39, 0.29) is 11.8 Å². The Morgan fingerprint density at radius 2 is 2.09 bits per heavy atom. The van der Waals surface area contributed by atoms with Gasteiger partial charge in [0.25, 0.3) is 0 Å². The minimum atomic E-state index is -0.446. The molecule has 1 atom stereocenters. The van der Waals surface area contributed by atoms with Gasteiger partial charge in [0.1, 0.15) is 0 Å². The molecular formula is C6H8N2O2S. The summed E-state index contributed by atoms with van der Waals surface area (Å²) >= 11 is 4.76. The molecule has 4 nitrogen and oxygen atoms in total. The molecule has 0 aromatic rings. The van der Waals surface area contributed by atoms with E-state index in [2.05, 4.69) is 5.32 Å². The lowest BCUT2D eigenvalue weighted by Crippen LogP contribution is -2.54. The highest BCUT2D eigenvalue weighted by atomic mass is 32.1. The molecule has 1 fully saturated rings. The fourth-order valence-electron chi connectivity index (χ4n) is 0.800. The summed E-state index contributed by atoms with van der Waals surface area (Å²) in [5, 5.41) is 2.41. The lowest BCUT2D eigenvalue weighted by Gasteiger charge is -2.26. The Morgan fingerprint density at radius 3 is 2.64 bits per heavy atom. The first kappa shape index (κ1) is 8.13. The van der Waals surface area contributed by atoms with Gasteiger partial charge in [-0.15, -0.1) is 0 Å². The maximum absolute atomic E-state index is 11.1. The number of hydrogen-bond acceptors (Lipinski definition) is 3. The van der Waals surface area contributed by atoms with Gasteiger partial charge in [-0.1, -0.05) is 12.2 Å². The number of urea groups is 1. The highest BCUT2D eigenvalue weighted by Crippen LogP contribution is 2.08. The van der Waals surface area contributed by atoms with Crippen LogP contribution in [-0.2, 0) is 4.79 Å². The third-order valence-electron chi connectivity index (χ3n) is 1.63. The van der Waals surface area contributed by atoms with Crippen LogP contribution in [0.4, 0.5) is 4.79 Å². The van der Waals surface area contributed by atoms with E-state index in [4.69, 9.17) is 12.2 Å². The highest BCUT2D eigenvalue weighted by molar-refractivity contribution is 7.80. The number of carbonyl (C=O) groups is 2. The third kappa shape index (κ3) is 1.23. The predicted molar refractivity (Wildman–Crippen MR) is 43.1 cm³/mol. The highest BCUT2D eigenvalue weighted by Gasteiger charge is 2.31. The molecule has 0 aliphatic carbocycles. The zero-order chi connectivity index (χ0) is 8.59. The van der Waals surface area contributed by atoms with Crippen molar-refractivity contribution in [2.24, 2.45) is 5.92 Å². The maximum Gasteiger partial charge on any atom is 0.328 e. The monoisotopic (exact) mass is 172 g/mol. The van der Waals surface area contributed by atoms with Gasteiger partial charge in [0.15, 0.2) is 0 Å². The van der Waals surface area contributed by atoms with Gasteiger partial charge < -0.3 is 5.32 Å². The van der Waals surface area contributed by atoms with Crippen LogP contribution < -0.4 is 5.32 Å². The topological polar surface area (TPSA) is 49.4 Å². The number of amides is 3. The molecule has 1 heterocycles. The van der Waals surface area contributed by atoms with Crippen molar-refractivity contribution in [3.63, 3.8) is 0 Å². The summed E-state index contributed by atoms with van der Waals surface area (Å²) in [7, 11) is 1.43. The van der Waals surface area contributed by atoms with Crippen LogP contribution in [0.3, 0.4) is 0 Å². The van der Waals surface area contributed by atoms with E-state index in [1.54, 1.807) is 6.92 Å². The number of imide groups is 1. The van der Waals surface area contributed by atoms with Crippen molar-refractivity contribution in [2.75, 3.05) is 7.05 Å². The second-order valence-corrected chi connectivity index (χ2v) is 2.85. The molecule has 5 heteroatoms. The van der Waals surface area contributed by atoms with Crippen molar-refractivity contribution in [3.05, 3.63) is 0 Å². The molecule has 1 unspecified atom stereocenters. The van der Waals surface area contributed by atoms with Gasteiger partial charge in [0.2, 0.25) is 5.91 Å². The average Bonchev–Trinajstić information content (AvgIpc) is 1.97. The molecule has 1 aliphatic rings. The predicted octanol–water partition coefficient (Wildman–Crippen LogP) is 0.132. The fourth-order valence-corrected chi connectivity index (χ4v) is 0.988. The first-order valence-electron chi connectivity index (χ1n) is 3.16. The quantitative estimate of drug-likeness (QED) is 0.528. The van der Waals surface area contributed by atoms with Gasteiger partial charge in [-0.3, -0.25) is 9.69 Å². The van der Waals surface area contributed by atoms with Crippen LogP contribution in [0, 0.1) is 5.92 Å². The van der Waals surface area contributed by atoms with Crippen molar-refractivity contribution in [2.45, 2.75) is 6.92 Å². The molecule has 60 valence electrons. The van der Waals surface area contributed by atoms with E-state index in [0.717, 1.165) is 4.90 Å². The lowest BCUT2D eigenvalue weighted by molar-refractivity contribution is -0.129. The van der Waals surface area contributed by atoms with Crippen molar-refractivity contribution < 1.29 is 9.59 Å². The zero-order valence-electron chi connectivity index (χ0n) is 6.25. The van der Waals surface area contributed by atoms with Gasteiger partial charge >= 0.3 is 6.03 Å². The van der Waals surface area contributed by atoms with E-state index >= 15 is 0 Å². The Morgan fingerprint density at radius 1 is 1.55 bits per heavy atom. The van der Waals surface area contributed by atoms with Crippen LogP contribution in [0.15, 0.2) is 0 Å². The molecule has 0 aromatic heterocycles. The first-order valence-corrected chi connectivity index (χ1v) is 3.57. The van der Waals surface area contributed by atoms with Gasteiger partial charge in [-0.2, -0.15) is 0 Å². The second kappa shape index (κ2) is 2.58. The maximum atomic E-state index is 11.1. The third-order valence-corrected chi connectivity index (χ3v) is 2.08. The van der Waals surface area contributed by atoms with Crippen LogP contribution in [0.5, 0.6) is 0 Å². The number of nitrogens with one attached hydrogen (secondary N) is 1. The van der Waals surface area contributed by atoms with E-state index < -0.39 is 6.03 Å². The summed E-state index contributed by atoms with van der Waals surface area (Å²) in [6, 6.07) is -0.446.